The molecule has 1 N–H and O–H groups in total. The topological polar surface area (TPSA) is 29.1 Å². The van der Waals surface area contributed by atoms with Gasteiger partial charge in [-0.25, -0.2) is 0 Å². The molecule has 0 saturated heterocycles. The maximum Gasteiger partial charge on any atom is 0.221 e. The molecule has 15 heavy (non-hydrogen) atoms. The number of rotatable bonds is 5. The molecule has 1 aromatic rings. The largest absolute Gasteiger partial charge is 0.352 e. The Labute approximate surface area is 103 Å². The van der Waals surface area contributed by atoms with Crippen LogP contribution in [0.1, 0.15) is 12.0 Å². The first-order valence-electron chi connectivity index (χ1n) is 4.73. The lowest BCUT2D eigenvalue weighted by atomic mass is 10.2. The van der Waals surface area contributed by atoms with E-state index >= 15 is 0 Å². The van der Waals surface area contributed by atoms with Crippen molar-refractivity contribution >= 4 is 33.6 Å². The number of carbonyl (C=O) groups is 1. The molecule has 0 saturated carbocycles. The Morgan fingerprint density at radius 1 is 1.47 bits per heavy atom. The number of carbonyl (C=O) groups excluding carboxylic acids is 1. The van der Waals surface area contributed by atoms with Crippen molar-refractivity contribution in [2.24, 2.45) is 0 Å². The van der Waals surface area contributed by atoms with Crippen LogP contribution in [0.3, 0.4) is 0 Å². The van der Waals surface area contributed by atoms with E-state index in [1.165, 1.54) is 0 Å². The van der Waals surface area contributed by atoms with Gasteiger partial charge in [0.05, 0.1) is 0 Å². The van der Waals surface area contributed by atoms with Gasteiger partial charge in [-0.2, -0.15) is 11.8 Å². The third kappa shape index (κ3) is 4.71. The SMILES string of the molecule is CSCCC(=O)NCc1ccccc1Br. The molecule has 1 amide bonds. The molecule has 4 heteroatoms. The summed E-state index contributed by atoms with van der Waals surface area (Å²) >= 11 is 5.13. The van der Waals surface area contributed by atoms with Crippen molar-refractivity contribution in [2.75, 3.05) is 12.0 Å². The van der Waals surface area contributed by atoms with Gasteiger partial charge in [0.2, 0.25) is 5.91 Å². The molecule has 0 aromatic heterocycles. The van der Waals surface area contributed by atoms with Crippen LogP contribution in [0.15, 0.2) is 28.7 Å². The highest BCUT2D eigenvalue weighted by Crippen LogP contribution is 2.15. The van der Waals surface area contributed by atoms with Crippen LogP contribution in [0, 0.1) is 0 Å². The number of thioether (sulfide) groups is 1. The minimum Gasteiger partial charge on any atom is -0.352 e. The fourth-order valence-electron chi connectivity index (χ4n) is 1.12. The number of hydrogen-bond acceptors (Lipinski definition) is 2. The Hall–Kier alpha value is -0.480. The zero-order valence-electron chi connectivity index (χ0n) is 8.63. The molecule has 2 nitrogen and oxygen atoms in total. The lowest BCUT2D eigenvalue weighted by Crippen LogP contribution is -2.23. The first kappa shape index (κ1) is 12.6. The summed E-state index contributed by atoms with van der Waals surface area (Å²) < 4.78 is 1.04. The molecule has 0 atom stereocenters. The van der Waals surface area contributed by atoms with E-state index in [1.807, 2.05) is 30.5 Å². The van der Waals surface area contributed by atoms with Crippen molar-refractivity contribution in [1.82, 2.24) is 5.32 Å². The average Bonchev–Trinajstić information content (AvgIpc) is 2.25. The second-order valence-electron chi connectivity index (χ2n) is 3.11. The molecule has 0 fully saturated rings. The summed E-state index contributed by atoms with van der Waals surface area (Å²) in [6.45, 7) is 0.592. The minimum absolute atomic E-state index is 0.111. The highest BCUT2D eigenvalue weighted by atomic mass is 79.9. The van der Waals surface area contributed by atoms with Gasteiger partial charge >= 0.3 is 0 Å². The van der Waals surface area contributed by atoms with Gasteiger partial charge in [0.15, 0.2) is 0 Å². The normalized spacial score (nSPS) is 10.0. The van der Waals surface area contributed by atoms with E-state index in [-0.39, 0.29) is 5.91 Å². The molecule has 1 rings (SSSR count). The predicted octanol–water partition coefficient (Wildman–Crippen LogP) is 2.82. The molecule has 0 aliphatic heterocycles. The summed E-state index contributed by atoms with van der Waals surface area (Å²) in [5.41, 5.74) is 1.11. The van der Waals surface area contributed by atoms with Gasteiger partial charge in [0.1, 0.15) is 0 Å². The van der Waals surface area contributed by atoms with Crippen LogP contribution < -0.4 is 5.32 Å². The smallest absolute Gasteiger partial charge is 0.221 e. The van der Waals surface area contributed by atoms with Crippen LogP contribution in [0.25, 0.3) is 0 Å². The van der Waals surface area contributed by atoms with E-state index in [0.29, 0.717) is 13.0 Å². The Balaban J connectivity index is 2.37. The van der Waals surface area contributed by atoms with Crippen LogP contribution in [-0.4, -0.2) is 17.9 Å². The second-order valence-corrected chi connectivity index (χ2v) is 4.95. The molecular formula is C11H14BrNOS. The summed E-state index contributed by atoms with van der Waals surface area (Å²) in [6, 6.07) is 7.90. The standard InChI is InChI=1S/C11H14BrNOS/c1-15-7-6-11(14)13-8-9-4-2-3-5-10(9)12/h2-5H,6-8H2,1H3,(H,13,14). The molecule has 0 radical (unpaired) electrons. The second kappa shape index (κ2) is 6.90. The van der Waals surface area contributed by atoms with E-state index < -0.39 is 0 Å². The first-order valence-corrected chi connectivity index (χ1v) is 6.91. The summed E-state index contributed by atoms with van der Waals surface area (Å²) in [7, 11) is 0. The molecule has 1 aromatic carbocycles. The van der Waals surface area contributed by atoms with E-state index in [9.17, 15) is 4.79 Å². The van der Waals surface area contributed by atoms with Gasteiger partial charge in [-0.3, -0.25) is 4.79 Å². The summed E-state index contributed by atoms with van der Waals surface area (Å²) in [5.74, 6) is 0.988. The highest BCUT2D eigenvalue weighted by molar-refractivity contribution is 9.10. The number of nitrogens with one attached hydrogen (secondary N) is 1. The molecule has 0 heterocycles. The van der Waals surface area contributed by atoms with E-state index in [2.05, 4.69) is 21.2 Å². The summed E-state index contributed by atoms with van der Waals surface area (Å²) in [4.78, 5) is 11.3. The number of halogens is 1. The van der Waals surface area contributed by atoms with Gasteiger partial charge in [-0.05, 0) is 17.9 Å². The van der Waals surface area contributed by atoms with E-state index in [4.69, 9.17) is 0 Å². The molecule has 0 bridgehead atoms. The van der Waals surface area contributed by atoms with Crippen LogP contribution in [0.2, 0.25) is 0 Å². The quantitative estimate of drug-likeness (QED) is 0.902. The Bertz CT molecular complexity index is 330. The van der Waals surface area contributed by atoms with Crippen LogP contribution in [-0.2, 0) is 11.3 Å². The average molecular weight is 288 g/mol. The van der Waals surface area contributed by atoms with Gasteiger partial charge in [0, 0.05) is 23.2 Å². The lowest BCUT2D eigenvalue weighted by molar-refractivity contribution is -0.120. The predicted molar refractivity (Wildman–Crippen MR) is 69.0 cm³/mol. The van der Waals surface area contributed by atoms with Crippen LogP contribution in [0.4, 0.5) is 0 Å². The van der Waals surface area contributed by atoms with Gasteiger partial charge < -0.3 is 5.32 Å². The lowest BCUT2D eigenvalue weighted by Gasteiger charge is -2.06. The van der Waals surface area contributed by atoms with Gasteiger partial charge in [-0.15, -0.1) is 0 Å². The molecule has 82 valence electrons. The number of amides is 1. The fourth-order valence-corrected chi connectivity index (χ4v) is 1.93. The van der Waals surface area contributed by atoms with Crippen molar-refractivity contribution < 1.29 is 4.79 Å². The minimum atomic E-state index is 0.111. The third-order valence-corrected chi connectivity index (χ3v) is 3.35. The Morgan fingerprint density at radius 3 is 2.87 bits per heavy atom. The Kier molecular flexibility index (Phi) is 5.79. The summed E-state index contributed by atoms with van der Waals surface area (Å²) in [5, 5.41) is 2.89. The first-order chi connectivity index (χ1) is 7.24. The molecule has 0 spiro atoms. The number of benzene rings is 1. The third-order valence-electron chi connectivity index (χ3n) is 1.97. The van der Waals surface area contributed by atoms with E-state index in [0.717, 1.165) is 15.8 Å². The van der Waals surface area contributed by atoms with Crippen LogP contribution in [0.5, 0.6) is 0 Å². The zero-order chi connectivity index (χ0) is 11.1. The molecule has 0 aliphatic rings. The molecular weight excluding hydrogens is 274 g/mol. The maximum absolute atomic E-state index is 11.3. The van der Waals surface area contributed by atoms with Gasteiger partial charge in [-0.1, -0.05) is 34.1 Å². The monoisotopic (exact) mass is 287 g/mol. The number of hydrogen-bond donors (Lipinski definition) is 1. The van der Waals surface area contributed by atoms with Crippen LogP contribution >= 0.6 is 27.7 Å². The van der Waals surface area contributed by atoms with Crippen molar-refractivity contribution in [1.29, 1.82) is 0 Å². The van der Waals surface area contributed by atoms with Gasteiger partial charge in [0.25, 0.3) is 0 Å². The summed E-state index contributed by atoms with van der Waals surface area (Å²) in [6.07, 6.45) is 2.59. The van der Waals surface area contributed by atoms with Crippen molar-refractivity contribution in [3.8, 4) is 0 Å². The zero-order valence-corrected chi connectivity index (χ0v) is 11.0. The highest BCUT2D eigenvalue weighted by Gasteiger charge is 2.02. The fraction of sp³-hybridized carbons (Fsp3) is 0.364. The Morgan fingerprint density at radius 2 is 2.20 bits per heavy atom. The molecule has 0 aliphatic carbocycles. The van der Waals surface area contributed by atoms with E-state index in [1.54, 1.807) is 11.8 Å². The van der Waals surface area contributed by atoms with Crippen molar-refractivity contribution in [3.05, 3.63) is 34.3 Å². The van der Waals surface area contributed by atoms with Crippen molar-refractivity contribution in [3.63, 3.8) is 0 Å². The molecule has 0 unspecified atom stereocenters. The maximum atomic E-state index is 11.3. The van der Waals surface area contributed by atoms with Crippen molar-refractivity contribution in [2.45, 2.75) is 13.0 Å².